The Kier molecular flexibility index (Phi) is 17.8. The SMILES string of the molecule is CC(=CCCC(O)[C@H](O)[C@@H](O)[C@H](O)[C@H](O)C(=O)O)CCCC(C)CCCC(C)CCCC(C)C. The summed E-state index contributed by atoms with van der Waals surface area (Å²) in [5, 5.41) is 57.3. The van der Waals surface area contributed by atoms with E-state index >= 15 is 0 Å². The van der Waals surface area contributed by atoms with Crippen LogP contribution in [-0.4, -0.2) is 67.1 Å². The van der Waals surface area contributed by atoms with Crippen molar-refractivity contribution in [3.8, 4) is 0 Å². The van der Waals surface area contributed by atoms with Crippen LogP contribution in [0.3, 0.4) is 0 Å². The zero-order valence-electron chi connectivity index (χ0n) is 22.1. The van der Waals surface area contributed by atoms with E-state index in [1.165, 1.54) is 50.5 Å². The van der Waals surface area contributed by atoms with Crippen molar-refractivity contribution in [1.82, 2.24) is 0 Å². The maximum Gasteiger partial charge on any atom is 0.335 e. The molecule has 7 nitrogen and oxygen atoms in total. The van der Waals surface area contributed by atoms with E-state index in [-0.39, 0.29) is 6.42 Å². The minimum Gasteiger partial charge on any atom is -0.479 e. The summed E-state index contributed by atoms with van der Waals surface area (Å²) in [5.74, 6) is 0.611. The van der Waals surface area contributed by atoms with Crippen molar-refractivity contribution >= 4 is 5.97 Å². The molecule has 3 unspecified atom stereocenters. The Labute approximate surface area is 206 Å². The van der Waals surface area contributed by atoms with E-state index in [0.717, 1.165) is 24.7 Å². The molecule has 0 saturated heterocycles. The van der Waals surface area contributed by atoms with Crippen molar-refractivity contribution in [2.45, 2.75) is 136 Å². The zero-order valence-corrected chi connectivity index (χ0v) is 22.1. The van der Waals surface area contributed by atoms with Crippen molar-refractivity contribution in [3.05, 3.63) is 11.6 Å². The Morgan fingerprint density at radius 2 is 1.21 bits per heavy atom. The van der Waals surface area contributed by atoms with Gasteiger partial charge in [0.15, 0.2) is 6.10 Å². The van der Waals surface area contributed by atoms with Gasteiger partial charge in [0.2, 0.25) is 0 Å². The van der Waals surface area contributed by atoms with E-state index < -0.39 is 36.5 Å². The Bertz CT molecular complexity index is 563. The van der Waals surface area contributed by atoms with Crippen molar-refractivity contribution in [3.63, 3.8) is 0 Å². The largest absolute Gasteiger partial charge is 0.479 e. The molecule has 0 heterocycles. The van der Waals surface area contributed by atoms with E-state index in [1.807, 2.05) is 13.0 Å². The van der Waals surface area contributed by atoms with Crippen LogP contribution < -0.4 is 0 Å². The van der Waals surface area contributed by atoms with Crippen molar-refractivity contribution < 1.29 is 35.4 Å². The molecule has 0 aromatic carbocycles. The summed E-state index contributed by atoms with van der Waals surface area (Å²) >= 11 is 0. The molecule has 0 aliphatic rings. The quantitative estimate of drug-likeness (QED) is 0.142. The van der Waals surface area contributed by atoms with Crippen LogP contribution in [0, 0.1) is 17.8 Å². The summed E-state index contributed by atoms with van der Waals surface area (Å²) in [6.07, 6.45) is 4.40. The molecule has 0 saturated carbocycles. The maximum atomic E-state index is 10.7. The summed E-state index contributed by atoms with van der Waals surface area (Å²) in [4.78, 5) is 10.7. The molecule has 0 aromatic heterocycles. The van der Waals surface area contributed by atoms with Gasteiger partial charge in [0, 0.05) is 0 Å². The molecule has 34 heavy (non-hydrogen) atoms. The highest BCUT2D eigenvalue weighted by Gasteiger charge is 2.36. The lowest BCUT2D eigenvalue weighted by Crippen LogP contribution is -2.51. The topological polar surface area (TPSA) is 138 Å². The van der Waals surface area contributed by atoms with Crippen LogP contribution in [0.1, 0.15) is 105 Å². The first kappa shape index (κ1) is 33.0. The van der Waals surface area contributed by atoms with Gasteiger partial charge in [-0.3, -0.25) is 0 Å². The van der Waals surface area contributed by atoms with Crippen LogP contribution in [0.4, 0.5) is 0 Å². The third-order valence-corrected chi connectivity index (χ3v) is 6.77. The Hall–Kier alpha value is -0.990. The molecular weight excluding hydrogens is 436 g/mol. The van der Waals surface area contributed by atoms with E-state index in [2.05, 4.69) is 27.7 Å². The number of rotatable bonds is 20. The second kappa shape index (κ2) is 18.3. The van der Waals surface area contributed by atoms with Gasteiger partial charge in [-0.2, -0.15) is 0 Å². The van der Waals surface area contributed by atoms with Crippen LogP contribution in [0.25, 0.3) is 0 Å². The highest BCUT2D eigenvalue weighted by molar-refractivity contribution is 5.72. The summed E-state index contributed by atoms with van der Waals surface area (Å²) in [6.45, 7) is 11.3. The van der Waals surface area contributed by atoms with Gasteiger partial charge < -0.3 is 30.6 Å². The predicted molar refractivity (Wildman–Crippen MR) is 135 cm³/mol. The molecule has 0 aliphatic carbocycles. The molecule has 0 aliphatic heterocycles. The van der Waals surface area contributed by atoms with Gasteiger partial charge in [0.1, 0.15) is 18.3 Å². The fourth-order valence-corrected chi connectivity index (χ4v) is 4.24. The van der Waals surface area contributed by atoms with Crippen LogP contribution in [-0.2, 0) is 4.79 Å². The predicted octanol–water partition coefficient (Wildman–Crippen LogP) is 4.04. The molecule has 0 radical (unpaired) electrons. The number of carboxylic acids is 1. The molecule has 7 heteroatoms. The lowest BCUT2D eigenvalue weighted by molar-refractivity contribution is -0.168. The van der Waals surface area contributed by atoms with E-state index in [1.54, 1.807) is 0 Å². The summed E-state index contributed by atoms with van der Waals surface area (Å²) < 4.78 is 0. The molecule has 0 fully saturated rings. The van der Waals surface area contributed by atoms with Gasteiger partial charge >= 0.3 is 5.97 Å². The Morgan fingerprint density at radius 1 is 0.706 bits per heavy atom. The third kappa shape index (κ3) is 15.1. The number of aliphatic hydroxyl groups is 5. The molecule has 0 aromatic rings. The average Bonchev–Trinajstić information content (AvgIpc) is 2.76. The molecule has 0 amide bonds. The fourth-order valence-electron chi connectivity index (χ4n) is 4.24. The molecule has 202 valence electrons. The lowest BCUT2D eigenvalue weighted by atomic mass is 9.91. The highest BCUT2D eigenvalue weighted by atomic mass is 16.4. The summed E-state index contributed by atoms with van der Waals surface area (Å²) in [7, 11) is 0. The lowest BCUT2D eigenvalue weighted by Gasteiger charge is -2.27. The molecular formula is C27H52O7. The highest BCUT2D eigenvalue weighted by Crippen LogP contribution is 2.22. The summed E-state index contributed by atoms with van der Waals surface area (Å²) in [5.41, 5.74) is 1.20. The number of hydrogen-bond donors (Lipinski definition) is 6. The second-order valence-electron chi connectivity index (χ2n) is 10.8. The van der Waals surface area contributed by atoms with Gasteiger partial charge in [-0.15, -0.1) is 0 Å². The second-order valence-corrected chi connectivity index (χ2v) is 10.8. The summed E-state index contributed by atoms with van der Waals surface area (Å²) in [6, 6.07) is 0. The van der Waals surface area contributed by atoms with Gasteiger partial charge in [0.05, 0.1) is 6.10 Å². The van der Waals surface area contributed by atoms with Crippen molar-refractivity contribution in [2.24, 2.45) is 17.8 Å². The smallest absolute Gasteiger partial charge is 0.335 e. The van der Waals surface area contributed by atoms with E-state index in [9.17, 15) is 30.3 Å². The van der Waals surface area contributed by atoms with Crippen LogP contribution in [0.15, 0.2) is 11.6 Å². The van der Waals surface area contributed by atoms with E-state index in [4.69, 9.17) is 5.11 Å². The number of aliphatic hydroxyl groups excluding tert-OH is 5. The van der Waals surface area contributed by atoms with Gasteiger partial charge in [-0.05, 0) is 50.4 Å². The normalized spacial score (nSPS) is 18.9. The number of carbonyl (C=O) groups is 1. The molecule has 6 N–H and O–H groups in total. The monoisotopic (exact) mass is 488 g/mol. The fraction of sp³-hybridized carbons (Fsp3) is 0.889. The first-order valence-corrected chi connectivity index (χ1v) is 13.2. The number of allylic oxidation sites excluding steroid dienone is 2. The van der Waals surface area contributed by atoms with E-state index in [0.29, 0.717) is 12.3 Å². The van der Waals surface area contributed by atoms with Gasteiger partial charge in [-0.1, -0.05) is 84.3 Å². The standard InChI is InChI=1S/C27H52O7/c1-18(2)10-6-11-19(3)12-7-13-20(4)14-8-15-21(5)16-9-17-22(28)23(29)24(30)25(31)26(32)27(33)34/h16,18-20,22-26,28-32H,6-15,17H2,1-5H3,(H,33,34)/t19?,20?,22?,23-,24+,25-,26-/m0/s1. The maximum absolute atomic E-state index is 10.7. The first-order valence-electron chi connectivity index (χ1n) is 13.2. The minimum atomic E-state index is -2.24. The minimum absolute atomic E-state index is 0.150. The zero-order chi connectivity index (χ0) is 26.3. The van der Waals surface area contributed by atoms with Crippen molar-refractivity contribution in [2.75, 3.05) is 0 Å². The molecule has 7 atom stereocenters. The van der Waals surface area contributed by atoms with Crippen LogP contribution >= 0.6 is 0 Å². The van der Waals surface area contributed by atoms with Crippen LogP contribution in [0.5, 0.6) is 0 Å². The number of aliphatic carboxylic acids is 1. The third-order valence-electron chi connectivity index (χ3n) is 6.77. The molecule has 0 bridgehead atoms. The Morgan fingerprint density at radius 3 is 1.71 bits per heavy atom. The number of hydrogen-bond acceptors (Lipinski definition) is 6. The first-order chi connectivity index (χ1) is 15.9. The van der Waals surface area contributed by atoms with Crippen molar-refractivity contribution in [1.29, 1.82) is 0 Å². The van der Waals surface area contributed by atoms with Gasteiger partial charge in [0.25, 0.3) is 0 Å². The molecule has 0 rings (SSSR count). The van der Waals surface area contributed by atoms with Crippen LogP contribution in [0.2, 0.25) is 0 Å². The number of carboxylic acid groups (broad SMARTS) is 1. The average molecular weight is 489 g/mol. The van der Waals surface area contributed by atoms with Gasteiger partial charge in [-0.25, -0.2) is 4.79 Å². The Balaban J connectivity index is 4.08. The molecule has 0 spiro atoms.